The van der Waals surface area contributed by atoms with Gasteiger partial charge in [-0.2, -0.15) is 0 Å². The fourth-order valence-electron chi connectivity index (χ4n) is 4.69. The van der Waals surface area contributed by atoms with Crippen molar-refractivity contribution in [1.82, 2.24) is 0 Å². The number of hydrogen-bond donors (Lipinski definition) is 4. The van der Waals surface area contributed by atoms with Crippen molar-refractivity contribution in [2.45, 2.75) is 84.2 Å². The molecule has 13 heteroatoms. The van der Waals surface area contributed by atoms with Crippen LogP contribution in [0.15, 0.2) is 24.3 Å². The highest BCUT2D eigenvalue weighted by atomic mass is 16.6. The number of benzene rings is 2. The van der Waals surface area contributed by atoms with Crippen LogP contribution in [-0.4, -0.2) is 74.5 Å². The van der Waals surface area contributed by atoms with Crippen LogP contribution in [0.25, 0.3) is 0 Å². The SMILES string of the molecule is C[C@@H]1CC(=O)Cc2cc(O)cc(O)c2C(=O)O[C@H](C)CC(=O)O[C@H](C)Cc2cc(O)cc(O)c2C(=O)O[C@H](C)CC(=O)O1. The minimum atomic E-state index is -1.05. The summed E-state index contributed by atoms with van der Waals surface area (Å²) in [5.41, 5.74) is -0.615. The number of fused-ring (bicyclic) bond motifs is 2. The number of hydrogen-bond acceptors (Lipinski definition) is 13. The van der Waals surface area contributed by atoms with E-state index in [1.54, 1.807) is 0 Å². The van der Waals surface area contributed by atoms with E-state index < -0.39 is 84.2 Å². The van der Waals surface area contributed by atoms with Gasteiger partial charge in [-0.25, -0.2) is 9.59 Å². The average molecular weight is 603 g/mol. The zero-order valence-corrected chi connectivity index (χ0v) is 24.1. The Morgan fingerprint density at radius 2 is 0.930 bits per heavy atom. The summed E-state index contributed by atoms with van der Waals surface area (Å²) in [7, 11) is 0. The van der Waals surface area contributed by atoms with Gasteiger partial charge in [-0.3, -0.25) is 14.4 Å². The number of carbonyl (C=O) groups is 5. The van der Waals surface area contributed by atoms with E-state index in [0.717, 1.165) is 18.2 Å². The van der Waals surface area contributed by atoms with Gasteiger partial charge in [0.2, 0.25) is 0 Å². The maximum absolute atomic E-state index is 13.0. The van der Waals surface area contributed by atoms with Crippen LogP contribution in [0, 0.1) is 0 Å². The Hall–Kier alpha value is -4.81. The summed E-state index contributed by atoms with van der Waals surface area (Å²) in [4.78, 5) is 63.8. The third-order valence-electron chi connectivity index (χ3n) is 6.38. The fraction of sp³-hybridized carbons (Fsp3) is 0.433. The third kappa shape index (κ3) is 9.09. The molecule has 1 aliphatic rings. The highest BCUT2D eigenvalue weighted by molar-refractivity contribution is 5.97. The predicted octanol–water partition coefficient (Wildman–Crippen LogP) is 3.00. The van der Waals surface area contributed by atoms with Gasteiger partial charge < -0.3 is 39.4 Å². The first kappa shape index (κ1) is 32.7. The number of cyclic esters (lactones) is 4. The Balaban J connectivity index is 1.92. The van der Waals surface area contributed by atoms with Crippen molar-refractivity contribution in [2.75, 3.05) is 0 Å². The second-order valence-electron chi connectivity index (χ2n) is 10.6. The van der Waals surface area contributed by atoms with Gasteiger partial charge in [0.1, 0.15) is 64.3 Å². The first-order valence-electron chi connectivity index (χ1n) is 13.5. The number of phenolic OH excluding ortho intramolecular Hbond substituents is 4. The molecule has 0 unspecified atom stereocenters. The van der Waals surface area contributed by atoms with Gasteiger partial charge in [0, 0.05) is 31.4 Å². The molecule has 2 aromatic carbocycles. The highest BCUT2D eigenvalue weighted by Crippen LogP contribution is 2.31. The summed E-state index contributed by atoms with van der Waals surface area (Å²) >= 11 is 0. The standard InChI is InChI=1S/C30H34O13/c1-14-5-18-9-21(32)12-23(34)27(18)29(38)42-17(4)8-26(37)41-15(2)6-20(31)10-19-11-22(33)13-24(35)28(19)30(39)43-16(3)7-25(36)40-14/h9,11-17,32-35H,5-8,10H2,1-4H3/t14-,15-,16-,17-/m1/s1. The van der Waals surface area contributed by atoms with Crippen molar-refractivity contribution in [1.29, 1.82) is 0 Å². The molecule has 232 valence electrons. The first-order valence-corrected chi connectivity index (χ1v) is 13.5. The number of carbonyl (C=O) groups excluding carboxylic acids is 5. The van der Waals surface area contributed by atoms with Crippen molar-refractivity contribution >= 4 is 29.7 Å². The largest absolute Gasteiger partial charge is 0.508 e. The third-order valence-corrected chi connectivity index (χ3v) is 6.38. The van der Waals surface area contributed by atoms with Crippen molar-refractivity contribution in [3.8, 4) is 23.0 Å². The maximum Gasteiger partial charge on any atom is 0.342 e. The number of rotatable bonds is 0. The van der Waals surface area contributed by atoms with Crippen LogP contribution in [0.4, 0.5) is 0 Å². The van der Waals surface area contributed by atoms with E-state index in [2.05, 4.69) is 0 Å². The van der Waals surface area contributed by atoms with E-state index in [1.807, 2.05) is 0 Å². The molecule has 0 saturated heterocycles. The Morgan fingerprint density at radius 3 is 1.42 bits per heavy atom. The molecule has 0 amide bonds. The Bertz CT molecular complexity index is 1410. The number of phenols is 4. The van der Waals surface area contributed by atoms with Crippen LogP contribution < -0.4 is 0 Å². The molecule has 13 nitrogen and oxygen atoms in total. The Morgan fingerprint density at radius 1 is 0.535 bits per heavy atom. The molecule has 4 N–H and O–H groups in total. The molecule has 1 heterocycles. The molecule has 3 rings (SSSR count). The molecule has 43 heavy (non-hydrogen) atoms. The van der Waals surface area contributed by atoms with Crippen molar-refractivity contribution in [3.63, 3.8) is 0 Å². The Labute approximate surface area is 246 Å². The van der Waals surface area contributed by atoms with Crippen LogP contribution in [0.1, 0.15) is 78.8 Å². The van der Waals surface area contributed by atoms with Gasteiger partial charge in [0.25, 0.3) is 0 Å². The predicted molar refractivity (Wildman–Crippen MR) is 147 cm³/mol. The number of Topliss-reactive ketones (excluding diaryl/α,β-unsaturated/α-hetero) is 1. The molecular weight excluding hydrogens is 568 g/mol. The monoisotopic (exact) mass is 602 g/mol. The Kier molecular flexibility index (Phi) is 10.6. The van der Waals surface area contributed by atoms with Crippen molar-refractivity contribution in [3.05, 3.63) is 46.5 Å². The quantitative estimate of drug-likeness (QED) is 0.253. The highest BCUT2D eigenvalue weighted by Gasteiger charge is 2.28. The fourth-order valence-corrected chi connectivity index (χ4v) is 4.69. The minimum Gasteiger partial charge on any atom is -0.508 e. The lowest BCUT2D eigenvalue weighted by Crippen LogP contribution is -2.26. The summed E-state index contributed by atoms with van der Waals surface area (Å²) in [5.74, 6) is -6.11. The smallest absolute Gasteiger partial charge is 0.342 e. The number of ether oxygens (including phenoxy) is 4. The van der Waals surface area contributed by atoms with E-state index in [9.17, 15) is 44.4 Å². The zero-order chi connectivity index (χ0) is 32.0. The second-order valence-corrected chi connectivity index (χ2v) is 10.6. The van der Waals surface area contributed by atoms with Crippen molar-refractivity contribution in [2.24, 2.45) is 0 Å². The van der Waals surface area contributed by atoms with E-state index >= 15 is 0 Å². The molecule has 0 fully saturated rings. The molecule has 0 bridgehead atoms. The molecule has 0 aliphatic carbocycles. The maximum atomic E-state index is 13.0. The van der Waals surface area contributed by atoms with Crippen LogP contribution in [0.3, 0.4) is 0 Å². The molecule has 0 aromatic heterocycles. The molecule has 1 aliphatic heterocycles. The number of ketones is 1. The van der Waals surface area contributed by atoms with Gasteiger partial charge in [-0.1, -0.05) is 0 Å². The van der Waals surface area contributed by atoms with Crippen LogP contribution in [-0.2, 0) is 46.2 Å². The van der Waals surface area contributed by atoms with Crippen LogP contribution in [0.2, 0.25) is 0 Å². The molecule has 0 radical (unpaired) electrons. The van der Waals surface area contributed by atoms with Gasteiger partial charge >= 0.3 is 23.9 Å². The van der Waals surface area contributed by atoms with Crippen LogP contribution in [0.5, 0.6) is 23.0 Å². The number of esters is 4. The lowest BCUT2D eigenvalue weighted by molar-refractivity contribution is -0.152. The lowest BCUT2D eigenvalue weighted by atomic mass is 9.98. The van der Waals surface area contributed by atoms with Crippen LogP contribution >= 0.6 is 0 Å². The summed E-state index contributed by atoms with van der Waals surface area (Å²) in [6.45, 7) is 5.79. The molecule has 0 saturated carbocycles. The lowest BCUT2D eigenvalue weighted by Gasteiger charge is -2.20. The van der Waals surface area contributed by atoms with Gasteiger partial charge in [-0.05, 0) is 51.0 Å². The van der Waals surface area contributed by atoms with E-state index in [0.29, 0.717) is 0 Å². The molecule has 0 spiro atoms. The summed E-state index contributed by atoms with van der Waals surface area (Å²) in [6, 6.07) is 4.16. The molecular formula is C30H34O13. The minimum absolute atomic E-state index is 0.0396. The summed E-state index contributed by atoms with van der Waals surface area (Å²) in [6.07, 6.45) is -5.47. The average Bonchev–Trinajstić information content (AvgIpc) is 2.81. The van der Waals surface area contributed by atoms with E-state index in [1.165, 1.54) is 33.8 Å². The topological polar surface area (TPSA) is 203 Å². The molecule has 2 aromatic rings. The normalized spacial score (nSPS) is 23.3. The first-order chi connectivity index (χ1) is 20.1. The summed E-state index contributed by atoms with van der Waals surface area (Å²) in [5, 5.41) is 40.7. The zero-order valence-electron chi connectivity index (χ0n) is 24.1. The van der Waals surface area contributed by atoms with Gasteiger partial charge in [-0.15, -0.1) is 0 Å². The van der Waals surface area contributed by atoms with E-state index in [-0.39, 0.29) is 47.3 Å². The molecule has 4 atom stereocenters. The van der Waals surface area contributed by atoms with E-state index in [4.69, 9.17) is 18.9 Å². The summed E-state index contributed by atoms with van der Waals surface area (Å²) < 4.78 is 21.3. The van der Waals surface area contributed by atoms with Gasteiger partial charge in [0.05, 0.1) is 12.8 Å². The van der Waals surface area contributed by atoms with Crippen molar-refractivity contribution < 1.29 is 63.3 Å². The van der Waals surface area contributed by atoms with Gasteiger partial charge in [0.15, 0.2) is 0 Å². The number of aromatic hydroxyl groups is 4. The second kappa shape index (κ2) is 13.9.